The van der Waals surface area contributed by atoms with Crippen LogP contribution in [0.3, 0.4) is 0 Å². The van der Waals surface area contributed by atoms with E-state index in [4.69, 9.17) is 5.11 Å². The van der Waals surface area contributed by atoms with Crippen molar-refractivity contribution in [2.45, 2.75) is 26.3 Å². The molecule has 2 N–H and O–H groups in total. The van der Waals surface area contributed by atoms with Crippen molar-refractivity contribution in [3.63, 3.8) is 0 Å². The average molecular weight is 298 g/mol. The second kappa shape index (κ2) is 5.45. The van der Waals surface area contributed by atoms with Crippen molar-refractivity contribution in [3.05, 3.63) is 21.7 Å². The Balaban J connectivity index is 2.36. The summed E-state index contributed by atoms with van der Waals surface area (Å²) in [5.74, 6) is -1.01. The maximum Gasteiger partial charge on any atom is 0.372 e. The van der Waals surface area contributed by atoms with Crippen molar-refractivity contribution >= 4 is 33.9 Å². The quantitative estimate of drug-likeness (QED) is 0.625. The topological polar surface area (TPSA) is 110 Å². The summed E-state index contributed by atoms with van der Waals surface area (Å²) in [4.78, 5) is 26.1. The standard InChI is InChI=1S/C11H14N4O4S/c1-6(2)7(5-8(16)17)12-9-10(15(18)19)14-3-4-20-11(14)13-9/h3-4,6-7,12H,5H2,1-2H3,(H,16,17). The summed E-state index contributed by atoms with van der Waals surface area (Å²) in [5.41, 5.74) is 0. The first-order valence-electron chi connectivity index (χ1n) is 5.98. The first-order valence-corrected chi connectivity index (χ1v) is 6.86. The highest BCUT2D eigenvalue weighted by molar-refractivity contribution is 7.15. The van der Waals surface area contributed by atoms with Crippen LogP contribution in [0.15, 0.2) is 11.6 Å². The number of nitrogens with one attached hydrogen (secondary N) is 1. The van der Waals surface area contributed by atoms with E-state index in [1.165, 1.54) is 15.7 Å². The van der Waals surface area contributed by atoms with E-state index in [1.807, 2.05) is 13.8 Å². The van der Waals surface area contributed by atoms with E-state index >= 15 is 0 Å². The predicted octanol–water partition coefficient (Wildman–Crippen LogP) is 2.22. The van der Waals surface area contributed by atoms with Gasteiger partial charge >= 0.3 is 11.8 Å². The van der Waals surface area contributed by atoms with Gasteiger partial charge in [-0.1, -0.05) is 25.2 Å². The van der Waals surface area contributed by atoms with Crippen molar-refractivity contribution in [1.82, 2.24) is 9.38 Å². The van der Waals surface area contributed by atoms with E-state index < -0.39 is 16.9 Å². The molecule has 0 saturated heterocycles. The van der Waals surface area contributed by atoms with Crippen LogP contribution in [0.5, 0.6) is 0 Å². The molecule has 0 aliphatic carbocycles. The van der Waals surface area contributed by atoms with Crippen LogP contribution < -0.4 is 5.32 Å². The van der Waals surface area contributed by atoms with Crippen molar-refractivity contribution in [2.75, 3.05) is 5.32 Å². The molecular formula is C11H14N4O4S. The van der Waals surface area contributed by atoms with E-state index in [0.29, 0.717) is 4.96 Å². The zero-order valence-electron chi connectivity index (χ0n) is 10.9. The molecule has 8 nitrogen and oxygen atoms in total. The number of aromatic nitrogens is 2. The van der Waals surface area contributed by atoms with Gasteiger partial charge in [0.1, 0.15) is 6.20 Å². The Labute approximate surface area is 118 Å². The number of carboxylic acids is 1. The lowest BCUT2D eigenvalue weighted by Gasteiger charge is -2.19. The van der Waals surface area contributed by atoms with E-state index in [9.17, 15) is 14.9 Å². The van der Waals surface area contributed by atoms with Gasteiger partial charge in [-0.2, -0.15) is 9.38 Å². The van der Waals surface area contributed by atoms with Gasteiger partial charge in [0.2, 0.25) is 5.82 Å². The summed E-state index contributed by atoms with van der Waals surface area (Å²) in [6, 6.07) is -0.421. The Bertz CT molecular complexity index is 648. The van der Waals surface area contributed by atoms with Crippen molar-refractivity contribution < 1.29 is 14.8 Å². The summed E-state index contributed by atoms with van der Waals surface area (Å²) in [7, 11) is 0. The van der Waals surface area contributed by atoms with Crippen molar-refractivity contribution in [1.29, 1.82) is 0 Å². The van der Waals surface area contributed by atoms with Crippen LogP contribution in [-0.4, -0.2) is 31.4 Å². The molecule has 2 heterocycles. The number of hydrogen-bond acceptors (Lipinski definition) is 6. The molecule has 0 radical (unpaired) electrons. The van der Waals surface area contributed by atoms with E-state index in [1.54, 1.807) is 11.6 Å². The lowest BCUT2D eigenvalue weighted by atomic mass is 10.0. The third-order valence-corrected chi connectivity index (χ3v) is 3.69. The third-order valence-electron chi connectivity index (χ3n) is 2.93. The van der Waals surface area contributed by atoms with Crippen LogP contribution in [0.4, 0.5) is 11.6 Å². The van der Waals surface area contributed by atoms with Gasteiger partial charge in [-0.15, -0.1) is 0 Å². The SMILES string of the molecule is CC(C)C(CC(=O)O)Nc1nc2sccn2c1[N+](=O)[O-]. The molecule has 0 aliphatic heterocycles. The van der Waals surface area contributed by atoms with Crippen LogP contribution in [0, 0.1) is 16.0 Å². The molecule has 0 spiro atoms. The Kier molecular flexibility index (Phi) is 3.89. The number of anilines is 1. The lowest BCUT2D eigenvalue weighted by Crippen LogP contribution is -2.29. The fourth-order valence-electron chi connectivity index (χ4n) is 1.86. The summed E-state index contributed by atoms with van der Waals surface area (Å²) in [5, 5.41) is 24.6. The molecule has 1 atom stereocenters. The van der Waals surface area contributed by atoms with Gasteiger partial charge in [0.15, 0.2) is 0 Å². The number of carbonyl (C=O) groups is 1. The zero-order valence-corrected chi connectivity index (χ0v) is 11.8. The average Bonchev–Trinajstić information content (AvgIpc) is 2.86. The molecule has 0 saturated carbocycles. The number of rotatable bonds is 6. The molecule has 0 fully saturated rings. The number of imidazole rings is 1. The highest BCUT2D eigenvalue weighted by Crippen LogP contribution is 2.29. The number of fused-ring (bicyclic) bond motifs is 1. The molecule has 2 aromatic heterocycles. The molecule has 9 heteroatoms. The number of thiazole rings is 1. The lowest BCUT2D eigenvalue weighted by molar-refractivity contribution is -0.389. The van der Waals surface area contributed by atoms with Crippen molar-refractivity contribution in [2.24, 2.45) is 5.92 Å². The van der Waals surface area contributed by atoms with Crippen LogP contribution in [-0.2, 0) is 4.79 Å². The van der Waals surface area contributed by atoms with E-state index in [0.717, 1.165) is 0 Å². The highest BCUT2D eigenvalue weighted by Gasteiger charge is 2.27. The second-order valence-electron chi connectivity index (χ2n) is 4.69. The molecule has 2 rings (SSSR count). The number of nitrogens with zero attached hydrogens (tertiary/aromatic N) is 3. The van der Waals surface area contributed by atoms with Crippen molar-refractivity contribution in [3.8, 4) is 0 Å². The monoisotopic (exact) mass is 298 g/mol. The Morgan fingerprint density at radius 2 is 2.35 bits per heavy atom. The Hall–Kier alpha value is -2.16. The third kappa shape index (κ3) is 2.72. The second-order valence-corrected chi connectivity index (χ2v) is 5.56. The van der Waals surface area contributed by atoms with Crippen LogP contribution in [0.2, 0.25) is 0 Å². The number of aliphatic carboxylic acids is 1. The first kappa shape index (κ1) is 14.3. The summed E-state index contributed by atoms with van der Waals surface area (Å²) in [6.07, 6.45) is 1.44. The van der Waals surface area contributed by atoms with Crippen LogP contribution in [0.1, 0.15) is 20.3 Å². The van der Waals surface area contributed by atoms with Gasteiger partial charge in [0, 0.05) is 11.4 Å². The zero-order chi connectivity index (χ0) is 14.9. The van der Waals surface area contributed by atoms with E-state index in [2.05, 4.69) is 10.3 Å². The molecule has 20 heavy (non-hydrogen) atoms. The molecule has 0 amide bonds. The fourth-order valence-corrected chi connectivity index (χ4v) is 2.57. The van der Waals surface area contributed by atoms with Gasteiger partial charge in [-0.3, -0.25) is 4.79 Å². The molecule has 1 unspecified atom stereocenters. The van der Waals surface area contributed by atoms with E-state index in [-0.39, 0.29) is 24.0 Å². The highest BCUT2D eigenvalue weighted by atomic mass is 32.1. The van der Waals surface area contributed by atoms with Crippen LogP contribution >= 0.6 is 11.3 Å². The number of hydrogen-bond donors (Lipinski definition) is 2. The maximum absolute atomic E-state index is 11.2. The van der Waals surface area contributed by atoms with Crippen LogP contribution in [0.25, 0.3) is 4.96 Å². The molecule has 108 valence electrons. The summed E-state index contributed by atoms with van der Waals surface area (Å²) in [6.45, 7) is 3.70. The normalized spacial score (nSPS) is 12.8. The van der Waals surface area contributed by atoms with Gasteiger partial charge in [0.05, 0.1) is 6.42 Å². The van der Waals surface area contributed by atoms with Gasteiger partial charge in [-0.25, -0.2) is 0 Å². The smallest absolute Gasteiger partial charge is 0.372 e. The number of nitro groups is 1. The Morgan fingerprint density at radius 1 is 1.65 bits per heavy atom. The van der Waals surface area contributed by atoms with Gasteiger partial charge in [-0.05, 0) is 10.8 Å². The maximum atomic E-state index is 11.2. The molecule has 0 aliphatic rings. The molecule has 2 aromatic rings. The molecule has 0 aromatic carbocycles. The predicted molar refractivity (Wildman–Crippen MR) is 74.2 cm³/mol. The summed E-state index contributed by atoms with van der Waals surface area (Å²) < 4.78 is 1.38. The molecule has 0 bridgehead atoms. The minimum Gasteiger partial charge on any atom is -0.481 e. The largest absolute Gasteiger partial charge is 0.481 e. The molecular weight excluding hydrogens is 284 g/mol. The number of carboxylic acid groups (broad SMARTS) is 1. The minimum atomic E-state index is -0.958. The Morgan fingerprint density at radius 3 is 2.90 bits per heavy atom. The first-order chi connectivity index (χ1) is 9.40. The fraction of sp³-hybridized carbons (Fsp3) is 0.455. The minimum absolute atomic E-state index is 0.00504. The summed E-state index contributed by atoms with van der Waals surface area (Å²) >= 11 is 1.28. The van der Waals surface area contributed by atoms with Gasteiger partial charge < -0.3 is 20.5 Å². The van der Waals surface area contributed by atoms with Gasteiger partial charge in [0.25, 0.3) is 4.96 Å².